The van der Waals surface area contributed by atoms with Crippen molar-refractivity contribution in [3.63, 3.8) is 0 Å². The van der Waals surface area contributed by atoms with Gasteiger partial charge < -0.3 is 4.90 Å². The molecule has 2 heterocycles. The van der Waals surface area contributed by atoms with Gasteiger partial charge in [-0.2, -0.15) is 0 Å². The minimum Gasteiger partial charge on any atom is -0.302 e. The van der Waals surface area contributed by atoms with Crippen LogP contribution in [-0.2, 0) is 23.0 Å². The molecule has 1 aliphatic heterocycles. The lowest BCUT2D eigenvalue weighted by molar-refractivity contribution is 0.335. The molecule has 0 fully saturated rings. The minimum absolute atomic E-state index is 0.0732. The van der Waals surface area contributed by atoms with Gasteiger partial charge in [0.05, 0.1) is 4.90 Å². The summed E-state index contributed by atoms with van der Waals surface area (Å²) in [4.78, 5) is 3.84. The lowest BCUT2D eigenvalue weighted by atomic mass is 9.99. The molecule has 1 aromatic heterocycles. The standard InChI is InChI=1S/C21H23ClN2O2S2/c1-14(12-23-28(25,26)15-6-4-3-5-7-15)21-17-13-24(2)11-10-16-18(22)8-9-19(27-21)20(16)17/h3-9,14,23H,10-13H2,1-2H3. The molecule has 2 aromatic carbocycles. The van der Waals surface area contributed by atoms with Gasteiger partial charge in [0, 0.05) is 45.5 Å². The highest BCUT2D eigenvalue weighted by atomic mass is 35.5. The third kappa shape index (κ3) is 3.72. The first-order valence-corrected chi connectivity index (χ1v) is 12.0. The van der Waals surface area contributed by atoms with Gasteiger partial charge in [-0.15, -0.1) is 11.3 Å². The van der Waals surface area contributed by atoms with E-state index in [0.717, 1.165) is 24.5 Å². The number of nitrogens with one attached hydrogen (secondary N) is 1. The first kappa shape index (κ1) is 19.9. The van der Waals surface area contributed by atoms with Gasteiger partial charge in [-0.1, -0.05) is 36.7 Å². The highest BCUT2D eigenvalue weighted by Crippen LogP contribution is 2.42. The molecule has 1 aliphatic rings. The second-order valence-corrected chi connectivity index (χ2v) is 10.7. The SMILES string of the molecule is CC(CNS(=O)(=O)c1ccccc1)c1sc2ccc(Cl)c3c2c1CN(C)CC3. The van der Waals surface area contributed by atoms with Crippen molar-refractivity contribution in [1.29, 1.82) is 0 Å². The maximum Gasteiger partial charge on any atom is 0.240 e. The van der Waals surface area contributed by atoms with Crippen LogP contribution in [0.4, 0.5) is 0 Å². The summed E-state index contributed by atoms with van der Waals surface area (Å²) in [5, 5.41) is 2.10. The fourth-order valence-corrected chi connectivity index (χ4v) is 6.48. The summed E-state index contributed by atoms with van der Waals surface area (Å²) in [6.45, 7) is 4.27. The Balaban J connectivity index is 1.66. The zero-order chi connectivity index (χ0) is 19.9. The van der Waals surface area contributed by atoms with Gasteiger partial charge in [-0.25, -0.2) is 13.1 Å². The molecular weight excluding hydrogens is 412 g/mol. The minimum atomic E-state index is -3.51. The Bertz CT molecular complexity index is 1110. The summed E-state index contributed by atoms with van der Waals surface area (Å²) in [7, 11) is -1.39. The maximum absolute atomic E-state index is 12.6. The van der Waals surface area contributed by atoms with E-state index in [2.05, 4.69) is 29.7 Å². The second kappa shape index (κ2) is 7.76. The van der Waals surface area contributed by atoms with Crippen molar-refractivity contribution in [3.05, 3.63) is 63.5 Å². The van der Waals surface area contributed by atoms with Crippen LogP contribution in [0.15, 0.2) is 47.4 Å². The Hall–Kier alpha value is -1.44. The maximum atomic E-state index is 12.6. The molecule has 1 unspecified atom stereocenters. The smallest absolute Gasteiger partial charge is 0.240 e. The topological polar surface area (TPSA) is 49.4 Å². The van der Waals surface area contributed by atoms with E-state index in [1.165, 1.54) is 26.1 Å². The van der Waals surface area contributed by atoms with E-state index in [-0.39, 0.29) is 5.92 Å². The Morgan fingerprint density at radius 2 is 1.93 bits per heavy atom. The molecule has 0 bridgehead atoms. The number of sulfonamides is 1. The molecule has 4 rings (SSSR count). The molecule has 0 amide bonds. The van der Waals surface area contributed by atoms with Crippen molar-refractivity contribution in [3.8, 4) is 0 Å². The number of rotatable bonds is 5. The monoisotopic (exact) mass is 434 g/mol. The van der Waals surface area contributed by atoms with Crippen LogP contribution in [-0.4, -0.2) is 33.5 Å². The van der Waals surface area contributed by atoms with E-state index < -0.39 is 10.0 Å². The van der Waals surface area contributed by atoms with E-state index in [0.29, 0.717) is 11.4 Å². The number of thiophene rings is 1. The van der Waals surface area contributed by atoms with Crippen LogP contribution in [0, 0.1) is 0 Å². The molecule has 28 heavy (non-hydrogen) atoms. The number of likely N-dealkylation sites (N-methyl/N-ethyl adjacent to an activating group) is 1. The van der Waals surface area contributed by atoms with Crippen molar-refractivity contribution < 1.29 is 8.42 Å². The largest absolute Gasteiger partial charge is 0.302 e. The average Bonchev–Trinajstić information content (AvgIpc) is 2.94. The fourth-order valence-electron chi connectivity index (χ4n) is 3.78. The molecule has 3 aromatic rings. The summed E-state index contributed by atoms with van der Waals surface area (Å²) in [5.74, 6) is 0.0732. The lowest BCUT2D eigenvalue weighted by Gasteiger charge is -2.17. The van der Waals surface area contributed by atoms with E-state index in [9.17, 15) is 8.42 Å². The number of benzene rings is 2. The number of hydrogen-bond donors (Lipinski definition) is 1. The van der Waals surface area contributed by atoms with Gasteiger partial charge in [0.1, 0.15) is 0 Å². The van der Waals surface area contributed by atoms with E-state index in [1.807, 2.05) is 12.1 Å². The molecule has 0 saturated heterocycles. The van der Waals surface area contributed by atoms with Crippen LogP contribution in [0.5, 0.6) is 0 Å². The zero-order valence-corrected chi connectivity index (χ0v) is 18.3. The molecule has 0 aliphatic carbocycles. The number of hydrogen-bond acceptors (Lipinski definition) is 4. The molecule has 1 atom stereocenters. The average molecular weight is 435 g/mol. The fraction of sp³-hybridized carbons (Fsp3) is 0.333. The van der Waals surface area contributed by atoms with Crippen molar-refractivity contribution in [2.45, 2.75) is 30.7 Å². The van der Waals surface area contributed by atoms with Gasteiger partial charge in [-0.05, 0) is 48.9 Å². The Morgan fingerprint density at radius 3 is 2.68 bits per heavy atom. The highest BCUT2D eigenvalue weighted by Gasteiger charge is 2.25. The van der Waals surface area contributed by atoms with E-state index >= 15 is 0 Å². The van der Waals surface area contributed by atoms with E-state index in [4.69, 9.17) is 11.6 Å². The zero-order valence-electron chi connectivity index (χ0n) is 15.9. The first-order chi connectivity index (χ1) is 13.4. The third-order valence-electron chi connectivity index (χ3n) is 5.29. The van der Waals surface area contributed by atoms with Gasteiger partial charge >= 0.3 is 0 Å². The van der Waals surface area contributed by atoms with E-state index in [1.54, 1.807) is 35.6 Å². The van der Waals surface area contributed by atoms with Crippen LogP contribution in [0.2, 0.25) is 5.02 Å². The second-order valence-electron chi connectivity index (χ2n) is 7.40. The molecule has 148 valence electrons. The third-order valence-corrected chi connectivity index (χ3v) is 8.51. The lowest BCUT2D eigenvalue weighted by Crippen LogP contribution is -2.28. The summed E-state index contributed by atoms with van der Waals surface area (Å²) < 4.78 is 29.2. The van der Waals surface area contributed by atoms with Crippen LogP contribution >= 0.6 is 22.9 Å². The van der Waals surface area contributed by atoms with Crippen LogP contribution in [0.1, 0.15) is 28.8 Å². The van der Waals surface area contributed by atoms with Gasteiger partial charge in [0.2, 0.25) is 10.0 Å². The summed E-state index contributed by atoms with van der Waals surface area (Å²) in [6, 6.07) is 12.6. The molecule has 0 radical (unpaired) electrons. The Kier molecular flexibility index (Phi) is 5.51. The predicted octanol–water partition coefficient (Wildman–Crippen LogP) is 4.62. The predicted molar refractivity (Wildman–Crippen MR) is 117 cm³/mol. The molecular formula is C21H23ClN2O2S2. The molecule has 7 heteroatoms. The molecule has 1 N–H and O–H groups in total. The van der Waals surface area contributed by atoms with Crippen molar-refractivity contribution in [1.82, 2.24) is 9.62 Å². The first-order valence-electron chi connectivity index (χ1n) is 9.32. The Morgan fingerprint density at radius 1 is 1.18 bits per heavy atom. The molecule has 4 nitrogen and oxygen atoms in total. The van der Waals surface area contributed by atoms with Gasteiger partial charge in [0.15, 0.2) is 0 Å². The summed E-state index contributed by atoms with van der Waals surface area (Å²) in [6.07, 6.45) is 0.935. The highest BCUT2D eigenvalue weighted by molar-refractivity contribution is 7.89. The Labute approximate surface area is 175 Å². The summed E-state index contributed by atoms with van der Waals surface area (Å²) >= 11 is 8.26. The van der Waals surface area contributed by atoms with Crippen molar-refractivity contribution >= 4 is 43.0 Å². The van der Waals surface area contributed by atoms with Crippen molar-refractivity contribution in [2.75, 3.05) is 20.1 Å². The van der Waals surface area contributed by atoms with Gasteiger partial charge in [0.25, 0.3) is 0 Å². The number of halogens is 1. The van der Waals surface area contributed by atoms with Crippen LogP contribution in [0.25, 0.3) is 10.1 Å². The van der Waals surface area contributed by atoms with Crippen LogP contribution in [0.3, 0.4) is 0 Å². The van der Waals surface area contributed by atoms with Gasteiger partial charge in [-0.3, -0.25) is 0 Å². The number of nitrogens with zero attached hydrogens (tertiary/aromatic N) is 1. The van der Waals surface area contributed by atoms with Crippen LogP contribution < -0.4 is 4.72 Å². The molecule has 0 spiro atoms. The summed E-state index contributed by atoms with van der Waals surface area (Å²) in [5.41, 5.74) is 2.52. The van der Waals surface area contributed by atoms with Crippen molar-refractivity contribution in [2.24, 2.45) is 0 Å². The molecule has 0 saturated carbocycles. The quantitative estimate of drug-likeness (QED) is 0.637. The normalized spacial score (nSPS) is 16.2.